The van der Waals surface area contributed by atoms with Crippen LogP contribution in [0.4, 0.5) is 0 Å². The molecule has 4 rings (SSSR count). The topological polar surface area (TPSA) is 45.5 Å². The predicted octanol–water partition coefficient (Wildman–Crippen LogP) is 3.92. The van der Waals surface area contributed by atoms with E-state index in [0.29, 0.717) is 18.0 Å². The molecular weight excluding hydrogens is 328 g/mol. The van der Waals surface area contributed by atoms with Crippen LogP contribution in [-0.2, 0) is 11.3 Å². The Morgan fingerprint density at radius 1 is 1.19 bits per heavy atom. The van der Waals surface area contributed by atoms with Crippen molar-refractivity contribution >= 4 is 0 Å². The van der Waals surface area contributed by atoms with Crippen LogP contribution in [0.15, 0.2) is 54.6 Å². The van der Waals surface area contributed by atoms with Gasteiger partial charge in [0.25, 0.3) is 0 Å². The highest BCUT2D eigenvalue weighted by molar-refractivity contribution is 5.64. The summed E-state index contributed by atoms with van der Waals surface area (Å²) < 4.78 is 19.0. The van der Waals surface area contributed by atoms with Crippen LogP contribution in [0.3, 0.4) is 0 Å². The van der Waals surface area contributed by atoms with Crippen LogP contribution in [0, 0.1) is 6.20 Å². The molecule has 1 aliphatic rings. The molecule has 1 aliphatic heterocycles. The maximum absolute atomic E-state index is 6.01. The summed E-state index contributed by atoms with van der Waals surface area (Å²) in [6.07, 6.45) is 4.66. The van der Waals surface area contributed by atoms with Gasteiger partial charge in [-0.05, 0) is 36.2 Å². The summed E-state index contributed by atoms with van der Waals surface area (Å²) in [5.74, 6) is 1.38. The van der Waals surface area contributed by atoms with Gasteiger partial charge in [0.2, 0.25) is 0 Å². The minimum atomic E-state index is -0.208. The summed E-state index contributed by atoms with van der Waals surface area (Å²) in [5.41, 5.74) is 3.17. The predicted molar refractivity (Wildman–Crippen MR) is 98.2 cm³/mol. The van der Waals surface area contributed by atoms with Crippen molar-refractivity contribution < 1.29 is 14.2 Å². The molecule has 3 aromatic rings. The van der Waals surface area contributed by atoms with Gasteiger partial charge in [0.1, 0.15) is 6.20 Å². The highest BCUT2D eigenvalue weighted by atomic mass is 16.7. The Bertz CT molecular complexity index is 855. The standard InChI is InChI=1S/C21H21N2O3/c1-24-19-10-9-17(14-20(19)26-21-8-5-13-25-21)18-11-12-22-23(18)15-16-6-3-2-4-7-16/h2-4,6-7,9-11,14,21H,5,8,13,15H2,1H3. The summed E-state index contributed by atoms with van der Waals surface area (Å²) in [4.78, 5) is 0. The Morgan fingerprint density at radius 2 is 2.08 bits per heavy atom. The van der Waals surface area contributed by atoms with E-state index in [9.17, 15) is 0 Å². The lowest BCUT2D eigenvalue weighted by Gasteiger charge is -2.17. The van der Waals surface area contributed by atoms with Gasteiger partial charge in [-0.25, -0.2) is 0 Å². The minimum Gasteiger partial charge on any atom is -0.493 e. The fourth-order valence-corrected chi connectivity index (χ4v) is 3.11. The largest absolute Gasteiger partial charge is 0.493 e. The van der Waals surface area contributed by atoms with E-state index in [4.69, 9.17) is 14.2 Å². The van der Waals surface area contributed by atoms with Gasteiger partial charge < -0.3 is 14.2 Å². The number of rotatable bonds is 6. The zero-order chi connectivity index (χ0) is 17.8. The molecule has 1 radical (unpaired) electrons. The van der Waals surface area contributed by atoms with Crippen molar-refractivity contribution in [2.75, 3.05) is 13.7 Å². The Hall–Kier alpha value is -2.79. The lowest BCUT2D eigenvalue weighted by molar-refractivity contribution is -0.0402. The third-order valence-corrected chi connectivity index (χ3v) is 4.44. The molecule has 1 aromatic heterocycles. The fraction of sp³-hybridized carbons (Fsp3) is 0.286. The Balaban J connectivity index is 1.62. The number of hydrogen-bond donors (Lipinski definition) is 0. The second-order valence-electron chi connectivity index (χ2n) is 6.23. The second kappa shape index (κ2) is 7.62. The first-order valence-corrected chi connectivity index (χ1v) is 8.78. The van der Waals surface area contributed by atoms with Crippen molar-refractivity contribution in [3.05, 3.63) is 66.4 Å². The third-order valence-electron chi connectivity index (χ3n) is 4.44. The van der Waals surface area contributed by atoms with Gasteiger partial charge in [-0.1, -0.05) is 30.3 Å². The molecule has 0 bridgehead atoms. The summed E-state index contributed by atoms with van der Waals surface area (Å²) in [6.45, 7) is 1.43. The van der Waals surface area contributed by atoms with Crippen molar-refractivity contribution in [3.8, 4) is 22.8 Å². The van der Waals surface area contributed by atoms with Crippen LogP contribution in [0.2, 0.25) is 0 Å². The van der Waals surface area contributed by atoms with Gasteiger partial charge in [0, 0.05) is 12.0 Å². The van der Waals surface area contributed by atoms with Gasteiger partial charge >= 0.3 is 0 Å². The van der Waals surface area contributed by atoms with E-state index in [0.717, 1.165) is 30.7 Å². The molecule has 5 heteroatoms. The zero-order valence-corrected chi connectivity index (χ0v) is 14.7. The monoisotopic (exact) mass is 349 g/mol. The first kappa shape index (κ1) is 16.7. The van der Waals surface area contributed by atoms with E-state index in [-0.39, 0.29) is 6.29 Å². The number of aromatic nitrogens is 2. The lowest BCUT2D eigenvalue weighted by atomic mass is 10.1. The van der Waals surface area contributed by atoms with Crippen molar-refractivity contribution in [2.45, 2.75) is 25.7 Å². The average Bonchev–Trinajstić information content (AvgIpc) is 3.35. The van der Waals surface area contributed by atoms with E-state index >= 15 is 0 Å². The Morgan fingerprint density at radius 3 is 2.85 bits per heavy atom. The lowest BCUT2D eigenvalue weighted by Crippen LogP contribution is -2.14. The van der Waals surface area contributed by atoms with Crippen LogP contribution in [0.1, 0.15) is 18.4 Å². The van der Waals surface area contributed by atoms with Gasteiger partial charge in [0.15, 0.2) is 17.8 Å². The molecule has 133 valence electrons. The first-order valence-electron chi connectivity index (χ1n) is 8.78. The van der Waals surface area contributed by atoms with Crippen molar-refractivity contribution in [1.82, 2.24) is 9.78 Å². The van der Waals surface area contributed by atoms with E-state index in [2.05, 4.69) is 23.4 Å². The number of methoxy groups -OCH3 is 1. The van der Waals surface area contributed by atoms with Crippen LogP contribution in [-0.4, -0.2) is 29.8 Å². The number of nitrogens with zero attached hydrogens (tertiary/aromatic N) is 2. The molecule has 26 heavy (non-hydrogen) atoms. The third kappa shape index (κ3) is 3.58. The van der Waals surface area contributed by atoms with Gasteiger partial charge in [-0.3, -0.25) is 4.68 Å². The van der Waals surface area contributed by atoms with E-state index in [1.54, 1.807) is 7.11 Å². The quantitative estimate of drug-likeness (QED) is 0.677. The molecule has 2 heterocycles. The average molecular weight is 349 g/mol. The SMILES string of the molecule is COc1ccc(-c2c[c]nn2Cc2ccccc2)cc1OC1CCCO1. The summed E-state index contributed by atoms with van der Waals surface area (Å²) in [5, 5.41) is 4.36. The molecule has 5 nitrogen and oxygen atoms in total. The molecule has 1 fully saturated rings. The Kier molecular flexibility index (Phi) is 4.88. The zero-order valence-electron chi connectivity index (χ0n) is 14.7. The maximum Gasteiger partial charge on any atom is 0.200 e. The number of benzene rings is 2. The van der Waals surface area contributed by atoms with Crippen LogP contribution in [0.25, 0.3) is 11.3 Å². The molecule has 1 unspecified atom stereocenters. The molecule has 0 aliphatic carbocycles. The minimum absolute atomic E-state index is 0.208. The van der Waals surface area contributed by atoms with Crippen LogP contribution in [0.5, 0.6) is 11.5 Å². The normalized spacial score (nSPS) is 16.6. The molecule has 2 aromatic carbocycles. The summed E-state index contributed by atoms with van der Waals surface area (Å²) in [6, 6.07) is 18.0. The van der Waals surface area contributed by atoms with E-state index < -0.39 is 0 Å². The fourth-order valence-electron chi connectivity index (χ4n) is 3.11. The van der Waals surface area contributed by atoms with Gasteiger partial charge in [-0.2, -0.15) is 5.10 Å². The van der Waals surface area contributed by atoms with Crippen molar-refractivity contribution in [1.29, 1.82) is 0 Å². The Labute approximate surface area is 153 Å². The van der Waals surface area contributed by atoms with Crippen LogP contribution >= 0.6 is 0 Å². The molecule has 0 spiro atoms. The highest BCUT2D eigenvalue weighted by Crippen LogP contribution is 2.34. The maximum atomic E-state index is 6.01. The number of ether oxygens (including phenoxy) is 3. The number of hydrogen-bond acceptors (Lipinski definition) is 4. The van der Waals surface area contributed by atoms with Crippen molar-refractivity contribution in [3.63, 3.8) is 0 Å². The molecule has 0 saturated carbocycles. The highest BCUT2D eigenvalue weighted by Gasteiger charge is 2.20. The van der Waals surface area contributed by atoms with Crippen LogP contribution < -0.4 is 9.47 Å². The molecule has 0 N–H and O–H groups in total. The molecular formula is C21H21N2O3. The van der Waals surface area contributed by atoms with E-state index in [1.165, 1.54) is 5.56 Å². The van der Waals surface area contributed by atoms with Crippen molar-refractivity contribution in [2.24, 2.45) is 0 Å². The van der Waals surface area contributed by atoms with Gasteiger partial charge in [0.05, 0.1) is 26.0 Å². The first-order chi connectivity index (χ1) is 12.8. The molecule has 1 atom stereocenters. The second-order valence-corrected chi connectivity index (χ2v) is 6.23. The molecule has 0 amide bonds. The van der Waals surface area contributed by atoms with Gasteiger partial charge in [-0.15, -0.1) is 0 Å². The summed E-state index contributed by atoms with van der Waals surface area (Å²) >= 11 is 0. The smallest absolute Gasteiger partial charge is 0.200 e. The van der Waals surface area contributed by atoms with E-state index in [1.807, 2.05) is 47.1 Å². The molecule has 1 saturated heterocycles. The summed E-state index contributed by atoms with van der Waals surface area (Å²) in [7, 11) is 1.64.